The first kappa shape index (κ1) is 29.6. The molecule has 216 valence electrons. The number of alkyl halides is 3. The van der Waals surface area contributed by atoms with Gasteiger partial charge in [0.15, 0.2) is 0 Å². The largest absolute Gasteiger partial charge is 0.573 e. The molecule has 2 N–H and O–H groups in total. The van der Waals surface area contributed by atoms with Gasteiger partial charge in [-0.2, -0.15) is 0 Å². The summed E-state index contributed by atoms with van der Waals surface area (Å²) in [4.78, 5) is 24.8. The van der Waals surface area contributed by atoms with Crippen LogP contribution in [0.5, 0.6) is 17.2 Å². The number of hydrogen-bond acceptors (Lipinski definition) is 6. The van der Waals surface area contributed by atoms with E-state index in [0.29, 0.717) is 45.1 Å². The minimum absolute atomic E-state index is 0.0533. The molecule has 0 bridgehead atoms. The summed E-state index contributed by atoms with van der Waals surface area (Å²) in [5.74, 6) is -1.06. The van der Waals surface area contributed by atoms with E-state index in [1.807, 2.05) is 0 Å². The van der Waals surface area contributed by atoms with Gasteiger partial charge in [0.1, 0.15) is 23.3 Å². The molecule has 41 heavy (non-hydrogen) atoms. The van der Waals surface area contributed by atoms with E-state index < -0.39 is 30.0 Å². The highest BCUT2D eigenvalue weighted by Crippen LogP contribution is 2.33. The number of carboxylic acids is 1. The van der Waals surface area contributed by atoms with Crippen LogP contribution in [-0.2, 0) is 4.79 Å². The first-order chi connectivity index (χ1) is 19.4. The summed E-state index contributed by atoms with van der Waals surface area (Å²) in [6.07, 6.45) is -3.16. The number of ether oxygens (including phenoxy) is 3. The van der Waals surface area contributed by atoms with E-state index in [1.54, 1.807) is 55.5 Å². The Labute approximate surface area is 238 Å². The molecule has 4 rings (SSSR count). The number of aryl methyl sites for hydroxylation is 1. The number of anilines is 1. The van der Waals surface area contributed by atoms with Gasteiger partial charge in [0.2, 0.25) is 0 Å². The zero-order chi connectivity index (χ0) is 29.7. The molecule has 0 saturated carbocycles. The molecule has 0 amide bonds. The Morgan fingerprint density at radius 1 is 1.02 bits per heavy atom. The van der Waals surface area contributed by atoms with Crippen molar-refractivity contribution in [2.45, 2.75) is 32.2 Å². The van der Waals surface area contributed by atoms with Crippen LogP contribution >= 0.6 is 11.6 Å². The Morgan fingerprint density at radius 2 is 1.73 bits per heavy atom. The highest BCUT2D eigenvalue weighted by molar-refractivity contribution is 6.30. The molecule has 0 spiro atoms. The molecule has 8 nitrogen and oxygen atoms in total. The lowest BCUT2D eigenvalue weighted by Gasteiger charge is -2.21. The minimum atomic E-state index is -4.89. The minimum Gasteiger partial charge on any atom is -0.497 e. The van der Waals surface area contributed by atoms with Gasteiger partial charge in [0.05, 0.1) is 19.2 Å². The summed E-state index contributed by atoms with van der Waals surface area (Å²) in [7, 11) is 1.46. The van der Waals surface area contributed by atoms with Gasteiger partial charge in [-0.15, -0.1) is 13.2 Å². The quantitative estimate of drug-likeness (QED) is 0.178. The third-order valence-corrected chi connectivity index (χ3v) is 6.39. The third kappa shape index (κ3) is 7.63. The molecule has 0 fully saturated rings. The zero-order valence-corrected chi connectivity index (χ0v) is 22.8. The Kier molecular flexibility index (Phi) is 8.97. The van der Waals surface area contributed by atoms with Gasteiger partial charge in [-0.3, -0.25) is 14.2 Å². The molecular weight excluding hydrogens is 565 g/mol. The number of carboxylic acid groups (broad SMARTS) is 1. The Hall–Kier alpha value is -4.38. The van der Waals surface area contributed by atoms with Crippen molar-refractivity contribution >= 4 is 40.1 Å². The number of carbonyl (C=O) groups is 2. The molecule has 1 heterocycles. The number of nitrogens with zero attached hydrogens (tertiary/aromatic N) is 1. The topological polar surface area (TPSA) is 99.0 Å². The molecule has 0 aliphatic rings. The van der Waals surface area contributed by atoms with Gasteiger partial charge >= 0.3 is 12.3 Å². The fourth-order valence-electron chi connectivity index (χ4n) is 4.30. The number of aliphatic carboxylic acids is 1. The van der Waals surface area contributed by atoms with Crippen LogP contribution in [0.3, 0.4) is 0 Å². The van der Waals surface area contributed by atoms with Gasteiger partial charge < -0.3 is 24.6 Å². The molecule has 0 radical (unpaired) electrons. The smallest absolute Gasteiger partial charge is 0.497 e. The van der Waals surface area contributed by atoms with Gasteiger partial charge in [0, 0.05) is 53.0 Å². The normalized spacial score (nSPS) is 12.1. The lowest BCUT2D eigenvalue weighted by Crippen LogP contribution is -2.26. The number of carbonyl (C=O) groups excluding carboxylic acids is 1. The Bertz CT molecular complexity index is 1550. The molecular formula is C29H26ClF3N2O6. The van der Waals surface area contributed by atoms with E-state index in [9.17, 15) is 22.8 Å². The molecule has 0 aliphatic heterocycles. The lowest BCUT2D eigenvalue weighted by atomic mass is 10.0. The molecule has 1 unspecified atom stereocenters. The predicted octanol–water partition coefficient (Wildman–Crippen LogP) is 7.25. The summed E-state index contributed by atoms with van der Waals surface area (Å²) in [6.45, 7) is 1.78. The van der Waals surface area contributed by atoms with Crippen LogP contribution in [0.4, 0.5) is 18.9 Å². The summed E-state index contributed by atoms with van der Waals surface area (Å²) in [5, 5.41) is 13.1. The van der Waals surface area contributed by atoms with Gasteiger partial charge in [0.25, 0.3) is 5.91 Å². The Balaban J connectivity index is 1.71. The maximum absolute atomic E-state index is 14.0. The summed E-state index contributed by atoms with van der Waals surface area (Å²) in [5.41, 5.74) is 1.72. The van der Waals surface area contributed by atoms with Crippen LogP contribution < -0.4 is 19.5 Å². The molecule has 1 aromatic heterocycles. The summed E-state index contributed by atoms with van der Waals surface area (Å²) in [6, 6.07) is 14.5. The highest BCUT2D eigenvalue weighted by Gasteiger charge is 2.32. The van der Waals surface area contributed by atoms with Crippen molar-refractivity contribution < 1.29 is 42.1 Å². The second-order valence-electron chi connectivity index (χ2n) is 9.12. The second kappa shape index (κ2) is 12.4. The first-order valence-corrected chi connectivity index (χ1v) is 12.8. The second-order valence-corrected chi connectivity index (χ2v) is 9.55. The lowest BCUT2D eigenvalue weighted by molar-refractivity contribution is -0.274. The van der Waals surface area contributed by atoms with E-state index in [0.717, 1.165) is 0 Å². The van der Waals surface area contributed by atoms with Crippen LogP contribution in [-0.4, -0.2) is 41.6 Å². The molecule has 3 aromatic carbocycles. The van der Waals surface area contributed by atoms with Crippen molar-refractivity contribution in [3.05, 3.63) is 83.0 Å². The number of halogens is 4. The molecule has 12 heteroatoms. The molecule has 0 saturated heterocycles. The zero-order valence-electron chi connectivity index (χ0n) is 22.0. The standard InChI is InChI=1S/C29H26ClF3N2O6/c1-17-12-23(41-29(31,32)33)16-25-24(17)9-10-35(25)28(38)27(18-5-7-19(30)8-6-18)34-20-13-21(39-2)15-22(14-20)40-11-3-4-26(36)37/h5-10,12-16,27,34H,3-4,11H2,1-2H3,(H,36,37). The van der Waals surface area contributed by atoms with Crippen LogP contribution in [0.1, 0.15) is 34.8 Å². The van der Waals surface area contributed by atoms with E-state index in [-0.39, 0.29) is 18.5 Å². The number of hydrogen-bond donors (Lipinski definition) is 2. The summed E-state index contributed by atoms with van der Waals surface area (Å²) >= 11 is 6.08. The van der Waals surface area contributed by atoms with Gasteiger partial charge in [-0.1, -0.05) is 23.7 Å². The molecule has 0 aliphatic carbocycles. The van der Waals surface area contributed by atoms with Crippen LogP contribution in [0.2, 0.25) is 5.02 Å². The van der Waals surface area contributed by atoms with Crippen LogP contribution in [0.25, 0.3) is 10.9 Å². The number of methoxy groups -OCH3 is 1. The van der Waals surface area contributed by atoms with Crippen molar-refractivity contribution in [1.29, 1.82) is 0 Å². The fraction of sp³-hybridized carbons (Fsp3) is 0.241. The number of aromatic nitrogens is 1. The van der Waals surface area contributed by atoms with E-state index in [1.165, 1.54) is 30.0 Å². The molecule has 1 atom stereocenters. The number of nitrogens with one attached hydrogen (secondary N) is 1. The first-order valence-electron chi connectivity index (χ1n) is 12.4. The van der Waals surface area contributed by atoms with E-state index in [4.69, 9.17) is 26.2 Å². The monoisotopic (exact) mass is 590 g/mol. The third-order valence-electron chi connectivity index (χ3n) is 6.14. The van der Waals surface area contributed by atoms with Crippen molar-refractivity contribution in [3.63, 3.8) is 0 Å². The SMILES string of the molecule is COc1cc(NC(C(=O)n2ccc3c(C)cc(OC(F)(F)F)cc32)c2ccc(Cl)cc2)cc(OCCCC(=O)O)c1. The Morgan fingerprint density at radius 3 is 2.39 bits per heavy atom. The number of rotatable bonds is 11. The van der Waals surface area contributed by atoms with Crippen molar-refractivity contribution in [2.75, 3.05) is 19.0 Å². The van der Waals surface area contributed by atoms with Crippen molar-refractivity contribution in [1.82, 2.24) is 4.57 Å². The van der Waals surface area contributed by atoms with E-state index in [2.05, 4.69) is 10.1 Å². The maximum atomic E-state index is 14.0. The van der Waals surface area contributed by atoms with Crippen molar-refractivity contribution in [3.8, 4) is 17.2 Å². The molecule has 4 aromatic rings. The van der Waals surface area contributed by atoms with E-state index >= 15 is 0 Å². The van der Waals surface area contributed by atoms with Crippen molar-refractivity contribution in [2.24, 2.45) is 0 Å². The maximum Gasteiger partial charge on any atom is 0.573 e. The summed E-state index contributed by atoms with van der Waals surface area (Å²) < 4.78 is 55.3. The van der Waals surface area contributed by atoms with Gasteiger partial charge in [-0.25, -0.2) is 0 Å². The fourth-order valence-corrected chi connectivity index (χ4v) is 4.42. The van der Waals surface area contributed by atoms with Crippen LogP contribution in [0, 0.1) is 6.92 Å². The highest BCUT2D eigenvalue weighted by atomic mass is 35.5. The van der Waals surface area contributed by atoms with Gasteiger partial charge in [-0.05, 0) is 48.7 Å². The predicted molar refractivity (Wildman–Crippen MR) is 147 cm³/mol. The van der Waals surface area contributed by atoms with Crippen LogP contribution in [0.15, 0.2) is 66.9 Å². The average molecular weight is 591 g/mol. The number of fused-ring (bicyclic) bond motifs is 1. The number of benzene rings is 3. The average Bonchev–Trinajstić information content (AvgIpc) is 3.33.